The normalized spacial score (nSPS) is 16.6. The number of nitrogens with one attached hydrogen (secondary N) is 1. The SMILES string of the molecule is CC(C)CNc1cc2c(cc1Cl)C=C(C(=O)O)C(C(F)(F)F)O2.[H-].[Na+]. The number of ether oxygens (including phenoxy) is 1. The van der Waals surface area contributed by atoms with Crippen LogP contribution in [0.1, 0.15) is 20.8 Å². The molecule has 0 radical (unpaired) electrons. The predicted molar refractivity (Wildman–Crippen MR) is 82.0 cm³/mol. The molecule has 9 heteroatoms. The first-order valence-electron chi connectivity index (χ1n) is 6.85. The number of benzene rings is 1. The van der Waals surface area contributed by atoms with Gasteiger partial charge in [-0.15, -0.1) is 0 Å². The van der Waals surface area contributed by atoms with Gasteiger partial charge < -0.3 is 16.6 Å². The molecule has 1 aliphatic rings. The van der Waals surface area contributed by atoms with Gasteiger partial charge in [0.15, 0.2) is 0 Å². The molecule has 1 aliphatic heterocycles. The number of fused-ring (bicyclic) bond motifs is 1. The van der Waals surface area contributed by atoms with Gasteiger partial charge in [0.2, 0.25) is 6.10 Å². The van der Waals surface area contributed by atoms with Crippen molar-refractivity contribution in [3.05, 3.63) is 28.3 Å². The zero-order valence-electron chi connectivity index (χ0n) is 14.4. The summed E-state index contributed by atoms with van der Waals surface area (Å²) < 4.78 is 43.9. The summed E-state index contributed by atoms with van der Waals surface area (Å²) in [4.78, 5) is 11.1. The van der Waals surface area contributed by atoms with E-state index < -0.39 is 23.8 Å². The maximum atomic E-state index is 13.0. The molecule has 0 saturated carbocycles. The molecule has 4 nitrogen and oxygen atoms in total. The molecule has 1 aromatic rings. The summed E-state index contributed by atoms with van der Waals surface area (Å²) in [5.41, 5.74) is -0.237. The van der Waals surface area contributed by atoms with Gasteiger partial charge in [-0.05, 0) is 18.1 Å². The van der Waals surface area contributed by atoms with Crippen LogP contribution in [0.5, 0.6) is 5.75 Å². The monoisotopic (exact) mass is 373 g/mol. The van der Waals surface area contributed by atoms with Gasteiger partial charge in [-0.1, -0.05) is 25.4 Å². The van der Waals surface area contributed by atoms with Crippen molar-refractivity contribution in [2.75, 3.05) is 11.9 Å². The number of alkyl halides is 3. The Morgan fingerprint density at radius 1 is 1.46 bits per heavy atom. The Hall–Kier alpha value is -0.890. The fourth-order valence-corrected chi connectivity index (χ4v) is 2.32. The molecule has 0 spiro atoms. The molecule has 2 rings (SSSR count). The third-order valence-electron chi connectivity index (χ3n) is 3.18. The quantitative estimate of drug-likeness (QED) is 0.782. The minimum atomic E-state index is -4.83. The smallest absolute Gasteiger partial charge is 1.00 e. The number of aliphatic carboxylic acids is 1. The first kappa shape index (κ1) is 21.2. The van der Waals surface area contributed by atoms with Gasteiger partial charge in [-0.2, -0.15) is 13.2 Å². The number of carboxylic acids is 1. The maximum Gasteiger partial charge on any atom is 1.00 e. The summed E-state index contributed by atoms with van der Waals surface area (Å²) in [5.74, 6) is -1.44. The second-order valence-electron chi connectivity index (χ2n) is 5.59. The molecule has 128 valence electrons. The average molecular weight is 374 g/mol. The summed E-state index contributed by atoms with van der Waals surface area (Å²) in [6.07, 6.45) is -6.39. The molecule has 1 aromatic carbocycles. The minimum absolute atomic E-state index is 0. The second kappa shape index (κ2) is 7.99. The average Bonchev–Trinajstić information content (AvgIpc) is 2.42. The summed E-state index contributed by atoms with van der Waals surface area (Å²) >= 11 is 6.08. The van der Waals surface area contributed by atoms with Gasteiger partial charge in [0.05, 0.1) is 16.3 Å². The Labute approximate surface area is 165 Å². The van der Waals surface area contributed by atoms with E-state index in [0.717, 1.165) is 6.08 Å². The second-order valence-corrected chi connectivity index (χ2v) is 6.00. The van der Waals surface area contributed by atoms with Crippen LogP contribution in [0, 0.1) is 5.92 Å². The van der Waals surface area contributed by atoms with E-state index >= 15 is 0 Å². The van der Waals surface area contributed by atoms with Gasteiger partial charge in [-0.25, -0.2) is 4.79 Å². The van der Waals surface area contributed by atoms with Crippen LogP contribution >= 0.6 is 11.6 Å². The number of carboxylic acid groups (broad SMARTS) is 1. The Morgan fingerprint density at radius 2 is 2.08 bits per heavy atom. The van der Waals surface area contributed by atoms with Gasteiger partial charge in [0, 0.05) is 18.2 Å². The molecule has 0 aromatic heterocycles. The van der Waals surface area contributed by atoms with E-state index in [1.54, 1.807) is 0 Å². The maximum absolute atomic E-state index is 13.0. The Bertz CT molecular complexity index is 668. The molecule has 0 aliphatic carbocycles. The van der Waals surface area contributed by atoms with Gasteiger partial charge in [-0.3, -0.25) is 0 Å². The van der Waals surface area contributed by atoms with Crippen molar-refractivity contribution in [1.29, 1.82) is 0 Å². The van der Waals surface area contributed by atoms with Crippen LogP contribution in [0.2, 0.25) is 5.02 Å². The fourth-order valence-electron chi connectivity index (χ4n) is 2.08. The third-order valence-corrected chi connectivity index (χ3v) is 3.50. The Kier molecular flexibility index (Phi) is 7.04. The van der Waals surface area contributed by atoms with Gasteiger partial charge >= 0.3 is 41.7 Å². The van der Waals surface area contributed by atoms with E-state index in [2.05, 4.69) is 5.32 Å². The minimum Gasteiger partial charge on any atom is -1.00 e. The first-order chi connectivity index (χ1) is 10.6. The third kappa shape index (κ3) is 4.81. The summed E-state index contributed by atoms with van der Waals surface area (Å²) in [5, 5.41) is 12.3. The summed E-state index contributed by atoms with van der Waals surface area (Å²) in [6, 6.07) is 2.74. The van der Waals surface area contributed by atoms with Crippen LogP contribution in [-0.2, 0) is 4.79 Å². The van der Waals surface area contributed by atoms with Crippen molar-refractivity contribution in [3.8, 4) is 5.75 Å². The number of hydrogen-bond acceptors (Lipinski definition) is 3. The Balaban J connectivity index is 0.00000288. The molecule has 1 atom stereocenters. The number of anilines is 1. The van der Waals surface area contributed by atoms with Crippen LogP contribution in [0.4, 0.5) is 18.9 Å². The number of carbonyl (C=O) groups is 1. The van der Waals surface area contributed by atoms with Crippen molar-refractivity contribution in [2.24, 2.45) is 5.92 Å². The molecule has 24 heavy (non-hydrogen) atoms. The van der Waals surface area contributed by atoms with Gasteiger partial charge in [0.25, 0.3) is 0 Å². The largest absolute Gasteiger partial charge is 1.00 e. The van der Waals surface area contributed by atoms with Crippen molar-refractivity contribution >= 4 is 29.3 Å². The topological polar surface area (TPSA) is 58.6 Å². The number of rotatable bonds is 4. The molecule has 0 amide bonds. The first-order valence-corrected chi connectivity index (χ1v) is 7.23. The zero-order valence-corrected chi connectivity index (χ0v) is 16.1. The van der Waals surface area contributed by atoms with Gasteiger partial charge in [0.1, 0.15) is 5.75 Å². The van der Waals surface area contributed by atoms with Crippen molar-refractivity contribution in [3.63, 3.8) is 0 Å². The number of halogens is 4. The standard InChI is InChI=1S/C15H15ClF3NO3.Na.H/c1-7(2)6-20-11-5-12-8(4-10(11)16)3-9(14(21)22)13(23-12)15(17,18)19;;/h3-5,7,13,20H,6H2,1-2H3,(H,21,22);;/q;+1;-1. The van der Waals surface area contributed by atoms with Crippen molar-refractivity contribution in [1.82, 2.24) is 0 Å². The van der Waals surface area contributed by atoms with E-state index in [0.29, 0.717) is 18.2 Å². The van der Waals surface area contributed by atoms with Crippen LogP contribution in [0.3, 0.4) is 0 Å². The molecule has 0 saturated heterocycles. The molecule has 2 N–H and O–H groups in total. The Morgan fingerprint density at radius 3 is 2.58 bits per heavy atom. The predicted octanol–water partition coefficient (Wildman–Crippen LogP) is 1.32. The van der Waals surface area contributed by atoms with Crippen LogP contribution < -0.4 is 39.6 Å². The van der Waals surface area contributed by atoms with E-state index in [4.69, 9.17) is 21.4 Å². The molecule has 1 heterocycles. The van der Waals surface area contributed by atoms with E-state index in [1.807, 2.05) is 13.8 Å². The van der Waals surface area contributed by atoms with E-state index in [9.17, 15) is 18.0 Å². The molecular weight excluding hydrogens is 358 g/mol. The van der Waals surface area contributed by atoms with E-state index in [-0.39, 0.29) is 47.3 Å². The molecule has 1 unspecified atom stereocenters. The molecular formula is C15H16ClF3NNaO3. The van der Waals surface area contributed by atoms with Crippen LogP contribution in [0.25, 0.3) is 6.08 Å². The van der Waals surface area contributed by atoms with Crippen LogP contribution in [0.15, 0.2) is 17.7 Å². The zero-order chi connectivity index (χ0) is 17.4. The summed E-state index contributed by atoms with van der Waals surface area (Å²) in [7, 11) is 0. The van der Waals surface area contributed by atoms with Crippen molar-refractivity contribution < 1.29 is 58.8 Å². The summed E-state index contributed by atoms with van der Waals surface area (Å²) in [6.45, 7) is 4.52. The van der Waals surface area contributed by atoms with E-state index in [1.165, 1.54) is 12.1 Å². The molecule has 0 fully saturated rings. The molecule has 0 bridgehead atoms. The van der Waals surface area contributed by atoms with Crippen LogP contribution in [-0.4, -0.2) is 29.9 Å². The fraction of sp³-hybridized carbons (Fsp3) is 0.400. The van der Waals surface area contributed by atoms with Crippen molar-refractivity contribution in [2.45, 2.75) is 26.1 Å². The number of hydrogen-bond donors (Lipinski definition) is 2.